The summed E-state index contributed by atoms with van der Waals surface area (Å²) in [7, 11) is 0. The molecule has 0 radical (unpaired) electrons. The molecule has 0 aromatic rings. The summed E-state index contributed by atoms with van der Waals surface area (Å²) >= 11 is 0. The predicted molar refractivity (Wildman–Crippen MR) is 140 cm³/mol. The lowest BCUT2D eigenvalue weighted by atomic mass is 9.43. The molecular weight excluding hydrogens is 472 g/mol. The largest absolute Gasteiger partial charge is 0.480 e. The fourth-order valence-electron chi connectivity index (χ4n) is 9.62. The van der Waals surface area contributed by atoms with Crippen LogP contribution in [0.4, 0.5) is 0 Å². The summed E-state index contributed by atoms with van der Waals surface area (Å²) in [6.07, 6.45) is 6.47. The third-order valence-corrected chi connectivity index (χ3v) is 11.6. The van der Waals surface area contributed by atoms with Crippen LogP contribution in [0.5, 0.6) is 0 Å². The maximum atomic E-state index is 12.6. The third kappa shape index (κ3) is 5.20. The van der Waals surface area contributed by atoms with Crippen molar-refractivity contribution in [3.05, 3.63) is 0 Å². The molecule has 8 nitrogen and oxygen atoms in total. The molecule has 0 aromatic heterocycles. The van der Waals surface area contributed by atoms with Gasteiger partial charge in [0, 0.05) is 6.42 Å². The molecule has 0 aliphatic heterocycles. The van der Waals surface area contributed by atoms with E-state index in [2.05, 4.69) is 26.1 Å². The minimum Gasteiger partial charge on any atom is -0.480 e. The molecule has 4 saturated carbocycles. The van der Waals surface area contributed by atoms with Gasteiger partial charge in [0.25, 0.3) is 0 Å². The van der Waals surface area contributed by atoms with Crippen molar-refractivity contribution in [2.45, 2.75) is 116 Å². The van der Waals surface area contributed by atoms with Gasteiger partial charge < -0.3 is 31.5 Å². The molecular formula is C29H50N2O6. The average molecular weight is 523 g/mol. The lowest BCUT2D eigenvalue weighted by Crippen LogP contribution is -2.64. The number of aliphatic carboxylic acids is 1. The van der Waals surface area contributed by atoms with E-state index < -0.39 is 24.2 Å². The molecule has 37 heavy (non-hydrogen) atoms. The van der Waals surface area contributed by atoms with Gasteiger partial charge in [-0.2, -0.15) is 0 Å². The van der Waals surface area contributed by atoms with Crippen molar-refractivity contribution in [3.8, 4) is 0 Å². The maximum absolute atomic E-state index is 12.6. The summed E-state index contributed by atoms with van der Waals surface area (Å²) in [5.74, 6) is 0.233. The number of aliphatic hydroxyl groups is 3. The van der Waals surface area contributed by atoms with Gasteiger partial charge in [0.1, 0.15) is 6.04 Å². The number of hydrogen-bond acceptors (Lipinski definition) is 6. The topological polar surface area (TPSA) is 153 Å². The molecule has 0 bridgehead atoms. The Hall–Kier alpha value is -1.22. The third-order valence-electron chi connectivity index (χ3n) is 11.6. The summed E-state index contributed by atoms with van der Waals surface area (Å²) in [5.41, 5.74) is 5.51. The molecule has 7 N–H and O–H groups in total. The molecule has 0 unspecified atom stereocenters. The summed E-state index contributed by atoms with van der Waals surface area (Å²) in [5, 5.41) is 45.0. The number of amides is 1. The van der Waals surface area contributed by atoms with Crippen LogP contribution in [0.15, 0.2) is 0 Å². The van der Waals surface area contributed by atoms with Crippen LogP contribution in [0.25, 0.3) is 0 Å². The van der Waals surface area contributed by atoms with Crippen LogP contribution in [0.2, 0.25) is 0 Å². The minimum absolute atomic E-state index is 0.0454. The summed E-state index contributed by atoms with van der Waals surface area (Å²) in [4.78, 5) is 24.1. The second kappa shape index (κ2) is 11.1. The lowest BCUT2D eigenvalue weighted by Gasteiger charge is -2.63. The Morgan fingerprint density at radius 2 is 1.62 bits per heavy atom. The summed E-state index contributed by atoms with van der Waals surface area (Å²) in [6.45, 7) is 7.28. The Morgan fingerprint density at radius 1 is 0.946 bits per heavy atom. The van der Waals surface area contributed by atoms with Crippen LogP contribution in [0, 0.1) is 46.3 Å². The zero-order chi connectivity index (χ0) is 27.1. The number of fused-ring (bicyclic) bond motifs is 5. The molecule has 8 heteroatoms. The first-order chi connectivity index (χ1) is 17.4. The van der Waals surface area contributed by atoms with Crippen molar-refractivity contribution in [1.82, 2.24) is 5.32 Å². The monoisotopic (exact) mass is 522 g/mol. The number of aliphatic hydroxyl groups excluding tert-OH is 3. The molecule has 4 rings (SSSR count). The number of carbonyl (C=O) groups is 2. The first kappa shape index (κ1) is 28.8. The van der Waals surface area contributed by atoms with Gasteiger partial charge in [-0.05, 0) is 117 Å². The van der Waals surface area contributed by atoms with E-state index in [1.807, 2.05) is 0 Å². The normalized spacial score (nSPS) is 44.7. The van der Waals surface area contributed by atoms with Crippen molar-refractivity contribution in [2.75, 3.05) is 6.54 Å². The molecule has 212 valence electrons. The zero-order valence-corrected chi connectivity index (χ0v) is 22.9. The van der Waals surface area contributed by atoms with Gasteiger partial charge in [0.15, 0.2) is 0 Å². The lowest BCUT2D eigenvalue weighted by molar-refractivity contribution is -0.223. The van der Waals surface area contributed by atoms with Crippen molar-refractivity contribution >= 4 is 11.9 Å². The molecule has 0 saturated heterocycles. The van der Waals surface area contributed by atoms with Crippen LogP contribution in [-0.4, -0.2) is 63.2 Å². The second-order valence-electron chi connectivity index (χ2n) is 13.4. The number of nitrogens with one attached hydrogen (secondary N) is 1. The maximum Gasteiger partial charge on any atom is 0.326 e. The van der Waals surface area contributed by atoms with Gasteiger partial charge in [0.05, 0.1) is 18.3 Å². The number of hydrogen-bond donors (Lipinski definition) is 6. The number of carboxylic acid groups (broad SMARTS) is 1. The van der Waals surface area contributed by atoms with E-state index in [1.165, 1.54) is 0 Å². The van der Waals surface area contributed by atoms with Gasteiger partial charge >= 0.3 is 5.97 Å². The summed E-state index contributed by atoms with van der Waals surface area (Å²) < 4.78 is 0. The van der Waals surface area contributed by atoms with Gasteiger partial charge in [-0.15, -0.1) is 0 Å². The molecule has 4 aliphatic rings. The number of carbonyl (C=O) groups excluding carboxylic acids is 1. The van der Waals surface area contributed by atoms with E-state index >= 15 is 0 Å². The average Bonchev–Trinajstić information content (AvgIpc) is 3.21. The Bertz CT molecular complexity index is 839. The molecule has 1 amide bonds. The van der Waals surface area contributed by atoms with Gasteiger partial charge in [-0.3, -0.25) is 4.79 Å². The van der Waals surface area contributed by atoms with Gasteiger partial charge in [0.2, 0.25) is 5.91 Å². The summed E-state index contributed by atoms with van der Waals surface area (Å²) in [6, 6.07) is -0.889. The Kier molecular flexibility index (Phi) is 8.64. The molecule has 0 spiro atoms. The van der Waals surface area contributed by atoms with E-state index in [-0.39, 0.29) is 34.7 Å². The molecule has 4 aliphatic carbocycles. The Balaban J connectivity index is 1.42. The zero-order valence-electron chi connectivity index (χ0n) is 22.9. The molecule has 12 atom stereocenters. The highest BCUT2D eigenvalue weighted by Crippen LogP contribution is 2.68. The smallest absolute Gasteiger partial charge is 0.326 e. The van der Waals surface area contributed by atoms with E-state index in [0.29, 0.717) is 62.3 Å². The van der Waals surface area contributed by atoms with E-state index in [4.69, 9.17) is 5.73 Å². The Labute approximate surface area is 221 Å². The van der Waals surface area contributed by atoms with E-state index in [9.17, 15) is 30.0 Å². The standard InChI is InChI=1S/C29H50N2O6/c1-16(6-9-23(33)31-22(27(36)37)5-4-14-30)18-7-8-19-24-20(11-13-28(18,19)2)29(3)12-10-17(32)15-21(29)25(34)26(24)35/h16-22,24-26,32,34-35H,4-15,30H2,1-3H3,(H,31,33)(H,36,37)/t16-,17-,18-,19+,20+,21+,22+,24+,25+,26+,28-,29-/m1/s1. The Morgan fingerprint density at radius 3 is 2.30 bits per heavy atom. The van der Waals surface area contributed by atoms with Crippen molar-refractivity contribution in [1.29, 1.82) is 0 Å². The quantitative estimate of drug-likeness (QED) is 0.272. The molecule has 4 fully saturated rings. The number of nitrogens with two attached hydrogens (primary N) is 1. The highest BCUT2D eigenvalue weighted by Gasteiger charge is 2.65. The van der Waals surface area contributed by atoms with Crippen LogP contribution < -0.4 is 11.1 Å². The fraction of sp³-hybridized carbons (Fsp3) is 0.931. The highest BCUT2D eigenvalue weighted by molar-refractivity contribution is 5.83. The van der Waals surface area contributed by atoms with Crippen LogP contribution >= 0.6 is 0 Å². The van der Waals surface area contributed by atoms with Crippen LogP contribution in [-0.2, 0) is 9.59 Å². The second-order valence-corrected chi connectivity index (χ2v) is 13.4. The SMILES string of the molecule is C[C@H](CCC(=O)N[C@@H](CCCN)C(=O)O)[C@H]1CC[C@H]2[C@@H]3[C@H](O)[C@@H](O)[C@@H]4C[C@H](O)CC[C@]4(C)[C@H]3CC[C@]12C. The van der Waals surface area contributed by atoms with Gasteiger partial charge in [-0.25, -0.2) is 4.79 Å². The molecule has 0 heterocycles. The van der Waals surface area contributed by atoms with Crippen molar-refractivity contribution < 1.29 is 30.0 Å². The van der Waals surface area contributed by atoms with E-state index in [0.717, 1.165) is 38.5 Å². The highest BCUT2D eigenvalue weighted by atomic mass is 16.4. The number of carboxylic acids is 1. The van der Waals surface area contributed by atoms with Gasteiger partial charge in [-0.1, -0.05) is 20.8 Å². The number of rotatable bonds is 9. The van der Waals surface area contributed by atoms with Crippen LogP contribution in [0.1, 0.15) is 91.4 Å². The van der Waals surface area contributed by atoms with E-state index in [1.54, 1.807) is 0 Å². The fourth-order valence-corrected chi connectivity index (χ4v) is 9.62. The van der Waals surface area contributed by atoms with Crippen molar-refractivity contribution in [3.63, 3.8) is 0 Å². The predicted octanol–water partition coefficient (Wildman–Crippen LogP) is 2.67. The van der Waals surface area contributed by atoms with Crippen LogP contribution in [0.3, 0.4) is 0 Å². The minimum atomic E-state index is -1.02. The first-order valence-electron chi connectivity index (χ1n) is 14.7. The first-order valence-corrected chi connectivity index (χ1v) is 14.7. The van der Waals surface area contributed by atoms with Crippen molar-refractivity contribution in [2.24, 2.45) is 52.1 Å². The molecule has 0 aromatic carbocycles.